The van der Waals surface area contributed by atoms with Crippen LogP contribution in [-0.2, 0) is 6.18 Å². The summed E-state index contributed by atoms with van der Waals surface area (Å²) in [6.45, 7) is 0. The van der Waals surface area contributed by atoms with Crippen molar-refractivity contribution >= 4 is 40.5 Å². The Hall–Kier alpha value is -3.83. The topological polar surface area (TPSA) is 78.8 Å². The fourth-order valence-electron chi connectivity index (χ4n) is 2.94. The van der Waals surface area contributed by atoms with Gasteiger partial charge in [-0.25, -0.2) is 4.79 Å². The number of hydrogen-bond acceptors (Lipinski definition) is 3. The van der Waals surface area contributed by atoms with Crippen LogP contribution in [0.15, 0.2) is 78.9 Å². The fraction of sp³-hybridized carbons (Fsp3) is 0.0833. The smallest absolute Gasteiger partial charge is 0.410 e. The zero-order valence-corrected chi connectivity index (χ0v) is 18.8. The molecule has 0 unspecified atom stereocenters. The van der Waals surface area contributed by atoms with Crippen molar-refractivity contribution in [1.82, 2.24) is 0 Å². The number of para-hydroxylation sites is 1. The maximum absolute atomic E-state index is 13.0. The third-order valence-corrected chi connectivity index (χ3v) is 5.00. The summed E-state index contributed by atoms with van der Waals surface area (Å²) in [5.74, 6) is -0.0220. The molecule has 1 amide bonds. The van der Waals surface area contributed by atoms with Crippen LogP contribution in [0.25, 0.3) is 5.70 Å². The Morgan fingerprint density at radius 2 is 1.61 bits per heavy atom. The Balaban J connectivity index is 1.78. The molecule has 0 spiro atoms. The molecule has 0 saturated heterocycles. The Bertz CT molecular complexity index is 1290. The average Bonchev–Trinajstić information content (AvgIpc) is 2.79. The van der Waals surface area contributed by atoms with Gasteiger partial charge in [-0.2, -0.15) is 26.3 Å². The molecule has 0 heterocycles. The van der Waals surface area contributed by atoms with E-state index in [0.717, 1.165) is 18.2 Å². The lowest BCUT2D eigenvalue weighted by molar-refractivity contribution is -0.469. The van der Waals surface area contributed by atoms with Crippen LogP contribution in [0.3, 0.4) is 0 Å². The molecule has 0 radical (unpaired) electrons. The maximum atomic E-state index is 13.0. The molecule has 0 aliphatic rings. The largest absolute Gasteiger partial charge is 0.432 e. The van der Waals surface area contributed by atoms with Crippen molar-refractivity contribution in [3.05, 3.63) is 95.0 Å². The first-order chi connectivity index (χ1) is 16.8. The second-order valence-electron chi connectivity index (χ2n) is 7.29. The normalized spacial score (nSPS) is 12.2. The van der Waals surface area contributed by atoms with Crippen molar-refractivity contribution in [2.24, 2.45) is 0 Å². The minimum atomic E-state index is -4.87. The number of nitrogens with one attached hydrogen (secondary N) is 2. The van der Waals surface area contributed by atoms with Crippen LogP contribution in [0.5, 0.6) is 5.75 Å². The van der Waals surface area contributed by atoms with Crippen molar-refractivity contribution < 1.29 is 41.2 Å². The first kappa shape index (κ1) is 26.8. The second kappa shape index (κ2) is 10.8. The van der Waals surface area contributed by atoms with E-state index in [-0.39, 0.29) is 27.7 Å². The van der Waals surface area contributed by atoms with Gasteiger partial charge in [-0.3, -0.25) is 16.0 Å². The summed E-state index contributed by atoms with van der Waals surface area (Å²) >= 11 is 6.10. The lowest BCUT2D eigenvalue weighted by atomic mass is 10.1. The predicted octanol–water partition coefficient (Wildman–Crippen LogP) is 6.79. The number of carbonyl (C=O) groups is 1. The summed E-state index contributed by atoms with van der Waals surface area (Å²) in [5.41, 5.74) is -1.98. The van der Waals surface area contributed by atoms with Crippen LogP contribution >= 0.6 is 11.6 Å². The molecule has 3 aromatic carbocycles. The molecule has 0 aromatic heterocycles. The Labute approximate surface area is 205 Å². The van der Waals surface area contributed by atoms with E-state index in [4.69, 9.17) is 21.7 Å². The van der Waals surface area contributed by atoms with Crippen LogP contribution < -0.4 is 15.4 Å². The van der Waals surface area contributed by atoms with Gasteiger partial charge < -0.3 is 4.74 Å². The highest BCUT2D eigenvalue weighted by Gasteiger charge is 2.34. The molecule has 36 heavy (non-hydrogen) atoms. The molecule has 0 aliphatic heterocycles. The summed E-state index contributed by atoms with van der Waals surface area (Å²) in [7, 11) is 0. The summed E-state index contributed by atoms with van der Waals surface area (Å²) in [4.78, 5) is 12.1. The number of allylic oxidation sites excluding steroid dienone is 1. The van der Waals surface area contributed by atoms with Crippen molar-refractivity contribution in [2.75, 3.05) is 5.32 Å². The van der Waals surface area contributed by atoms with Gasteiger partial charge in [0.15, 0.2) is 5.69 Å². The van der Waals surface area contributed by atoms with E-state index in [1.807, 2.05) is 0 Å². The van der Waals surface area contributed by atoms with Gasteiger partial charge in [0.2, 0.25) is 0 Å². The SMILES string of the molecule is N=C(/C=C(\[NH2+]c1ccccc1Cl)c1ccc(OC(=O)Nc2cccc(C(F)(F)F)c2)cc1)C(F)(F)F. The quantitative estimate of drug-likeness (QED) is 0.187. The van der Waals surface area contributed by atoms with Crippen LogP contribution in [-0.4, -0.2) is 18.0 Å². The molecular formula is C24H17ClF6N3O2+. The van der Waals surface area contributed by atoms with Gasteiger partial charge in [-0.05, 0) is 48.5 Å². The van der Waals surface area contributed by atoms with Gasteiger partial charge in [-0.1, -0.05) is 29.8 Å². The zero-order chi connectivity index (χ0) is 26.5. The predicted molar refractivity (Wildman–Crippen MR) is 122 cm³/mol. The number of alkyl halides is 6. The number of anilines is 1. The van der Waals surface area contributed by atoms with E-state index < -0.39 is 29.7 Å². The van der Waals surface area contributed by atoms with E-state index in [0.29, 0.717) is 11.8 Å². The Morgan fingerprint density at radius 3 is 2.22 bits per heavy atom. The van der Waals surface area contributed by atoms with Gasteiger partial charge in [-0.15, -0.1) is 0 Å². The molecule has 12 heteroatoms. The van der Waals surface area contributed by atoms with Crippen molar-refractivity contribution in [1.29, 1.82) is 5.41 Å². The molecule has 0 saturated carbocycles. The molecule has 5 nitrogen and oxygen atoms in total. The lowest BCUT2D eigenvalue weighted by Gasteiger charge is -2.11. The molecule has 0 fully saturated rings. The molecule has 3 aromatic rings. The number of rotatable bonds is 6. The molecule has 0 bridgehead atoms. The number of hydrogen-bond donors (Lipinski definition) is 3. The van der Waals surface area contributed by atoms with Gasteiger partial charge in [0, 0.05) is 23.4 Å². The van der Waals surface area contributed by atoms with Crippen LogP contribution in [0.4, 0.5) is 42.5 Å². The first-order valence-corrected chi connectivity index (χ1v) is 10.4. The fourth-order valence-corrected chi connectivity index (χ4v) is 3.13. The highest BCUT2D eigenvalue weighted by atomic mass is 35.5. The maximum Gasteiger partial charge on any atom is 0.432 e. The highest BCUT2D eigenvalue weighted by molar-refractivity contribution is 6.32. The number of nitrogens with two attached hydrogens (primary N) is 1. The standard InChI is InChI=1S/C24H16ClF6N3O2/c25-18-6-1-2-7-19(18)34-20(13-21(32)24(29,30)31)14-8-10-17(11-9-14)36-22(35)33-16-5-3-4-15(12-16)23(26,27)28/h1-13,32,34H,(H,33,35)/p+1/b20-13-,32-21?. The number of ether oxygens (including phenoxy) is 1. The van der Waals surface area contributed by atoms with Gasteiger partial charge in [0.05, 0.1) is 5.56 Å². The van der Waals surface area contributed by atoms with Crippen LogP contribution in [0.1, 0.15) is 11.1 Å². The van der Waals surface area contributed by atoms with E-state index in [2.05, 4.69) is 5.32 Å². The summed E-state index contributed by atoms with van der Waals surface area (Å²) in [5, 5.41) is 11.2. The van der Waals surface area contributed by atoms with Gasteiger partial charge in [0.1, 0.15) is 22.2 Å². The third kappa shape index (κ3) is 7.33. The molecule has 4 N–H and O–H groups in total. The van der Waals surface area contributed by atoms with E-state index >= 15 is 0 Å². The monoisotopic (exact) mass is 528 g/mol. The average molecular weight is 529 g/mol. The number of benzene rings is 3. The summed E-state index contributed by atoms with van der Waals surface area (Å²) in [6, 6.07) is 15.7. The minimum Gasteiger partial charge on any atom is -0.410 e. The Morgan fingerprint density at radius 1 is 0.944 bits per heavy atom. The van der Waals surface area contributed by atoms with E-state index in [9.17, 15) is 31.1 Å². The summed E-state index contributed by atoms with van der Waals surface area (Å²) < 4.78 is 82.5. The minimum absolute atomic E-state index is 0.0189. The van der Waals surface area contributed by atoms with Gasteiger partial charge >= 0.3 is 18.4 Å². The third-order valence-electron chi connectivity index (χ3n) is 4.66. The molecule has 3 rings (SSSR count). The number of quaternary nitrogens is 1. The zero-order valence-electron chi connectivity index (χ0n) is 18.0. The number of carbonyl (C=O) groups excluding carboxylic acids is 1. The summed E-state index contributed by atoms with van der Waals surface area (Å²) in [6.07, 6.45) is -9.89. The first-order valence-electron chi connectivity index (χ1n) is 10.1. The molecular weight excluding hydrogens is 512 g/mol. The van der Waals surface area contributed by atoms with E-state index in [1.165, 1.54) is 35.6 Å². The van der Waals surface area contributed by atoms with Gasteiger partial charge in [0.25, 0.3) is 0 Å². The highest BCUT2D eigenvalue weighted by Crippen LogP contribution is 2.31. The number of halogens is 7. The Kier molecular flexibility index (Phi) is 8.06. The van der Waals surface area contributed by atoms with Crippen LogP contribution in [0, 0.1) is 5.41 Å². The van der Waals surface area contributed by atoms with Crippen molar-refractivity contribution in [3.63, 3.8) is 0 Å². The molecule has 0 atom stereocenters. The lowest BCUT2D eigenvalue weighted by Crippen LogP contribution is -2.74. The second-order valence-corrected chi connectivity index (χ2v) is 7.70. The molecule has 188 valence electrons. The van der Waals surface area contributed by atoms with E-state index in [1.54, 1.807) is 24.3 Å². The van der Waals surface area contributed by atoms with Crippen molar-refractivity contribution in [3.8, 4) is 5.75 Å². The molecule has 0 aliphatic carbocycles. The number of amides is 1. The van der Waals surface area contributed by atoms with Crippen molar-refractivity contribution in [2.45, 2.75) is 12.4 Å². The van der Waals surface area contributed by atoms with Crippen LogP contribution in [0.2, 0.25) is 5.02 Å².